The highest BCUT2D eigenvalue weighted by Crippen LogP contribution is 2.37. The summed E-state index contributed by atoms with van der Waals surface area (Å²) < 4.78 is 25.0. The number of rotatable bonds is 7. The lowest BCUT2D eigenvalue weighted by molar-refractivity contribution is -0.155. The van der Waals surface area contributed by atoms with Crippen molar-refractivity contribution in [3.63, 3.8) is 0 Å². The van der Waals surface area contributed by atoms with Crippen molar-refractivity contribution in [1.29, 1.82) is 1.43 Å². The third-order valence-electron chi connectivity index (χ3n) is 5.60. The van der Waals surface area contributed by atoms with E-state index < -0.39 is 23.9 Å². The molecule has 0 aliphatic carbocycles. The van der Waals surface area contributed by atoms with Crippen LogP contribution in [-0.2, 0) is 18.8 Å². The third-order valence-corrected chi connectivity index (χ3v) is 5.60. The van der Waals surface area contributed by atoms with Crippen LogP contribution in [0, 0.1) is 6.92 Å². The summed E-state index contributed by atoms with van der Waals surface area (Å²) in [6.07, 6.45) is 0.810. The number of aliphatic hydroxyl groups excluding tert-OH is 1. The van der Waals surface area contributed by atoms with E-state index in [0.29, 0.717) is 6.42 Å². The standard InChI is InChI=1S/C22H35BO5/c1-15-9-10-16(17(14-24)11-12-19(25)26-20(2,3)4)13-18(15)23-27-21(5,6)22(7,8)28-23/h9-10,13,17,24H,11-12,14H2,1-8H3/t17-/m1/s1/i24T. The summed E-state index contributed by atoms with van der Waals surface area (Å²) in [5.74, 6) is -0.340. The molecule has 1 aromatic carbocycles. The normalized spacial score (nSPS) is 20.0. The van der Waals surface area contributed by atoms with Gasteiger partial charge in [0, 0.05) is 18.9 Å². The first-order valence-corrected chi connectivity index (χ1v) is 10.0. The van der Waals surface area contributed by atoms with Gasteiger partial charge in [-0.25, -0.2) is 0 Å². The average Bonchev–Trinajstić information content (AvgIpc) is 2.78. The van der Waals surface area contributed by atoms with Crippen LogP contribution < -0.4 is 5.46 Å². The van der Waals surface area contributed by atoms with Gasteiger partial charge < -0.3 is 19.2 Å². The van der Waals surface area contributed by atoms with Gasteiger partial charge in [0.1, 0.15) is 5.60 Å². The van der Waals surface area contributed by atoms with E-state index in [1.807, 2.05) is 67.5 Å². The molecule has 0 radical (unpaired) electrons. The van der Waals surface area contributed by atoms with Gasteiger partial charge in [0.15, 0.2) is 0 Å². The molecule has 0 amide bonds. The van der Waals surface area contributed by atoms with E-state index in [1.165, 1.54) is 0 Å². The zero-order chi connectivity index (χ0) is 22.0. The molecule has 1 heterocycles. The highest BCUT2D eigenvalue weighted by molar-refractivity contribution is 6.62. The Bertz CT molecular complexity index is 710. The zero-order valence-corrected chi connectivity index (χ0v) is 18.5. The van der Waals surface area contributed by atoms with E-state index in [1.54, 1.807) is 0 Å². The summed E-state index contributed by atoms with van der Waals surface area (Å²) in [7, 11) is -0.455. The van der Waals surface area contributed by atoms with Crippen molar-refractivity contribution in [1.82, 2.24) is 0 Å². The Morgan fingerprint density at radius 1 is 1.25 bits per heavy atom. The first kappa shape index (κ1) is 21.3. The van der Waals surface area contributed by atoms with Crippen LogP contribution in [0.2, 0.25) is 0 Å². The molecular weight excluding hydrogens is 355 g/mol. The highest BCUT2D eigenvalue weighted by Gasteiger charge is 2.52. The second-order valence-electron chi connectivity index (χ2n) is 9.69. The summed E-state index contributed by atoms with van der Waals surface area (Å²) in [4.78, 5) is 12.1. The van der Waals surface area contributed by atoms with Crippen LogP contribution in [0.4, 0.5) is 0 Å². The molecule has 0 aromatic heterocycles. The van der Waals surface area contributed by atoms with Crippen molar-refractivity contribution < 1.29 is 23.9 Å². The van der Waals surface area contributed by atoms with Crippen molar-refractivity contribution in [2.75, 3.05) is 6.61 Å². The van der Waals surface area contributed by atoms with Gasteiger partial charge in [-0.15, -0.1) is 0 Å². The molecule has 1 saturated heterocycles. The smallest absolute Gasteiger partial charge is 0.460 e. The number of carbonyl (C=O) groups excluding carboxylic acids is 1. The summed E-state index contributed by atoms with van der Waals surface area (Å²) in [5.41, 5.74) is 1.70. The van der Waals surface area contributed by atoms with Crippen LogP contribution in [0.5, 0.6) is 0 Å². The molecule has 0 bridgehead atoms. The Balaban J connectivity index is 2.19. The summed E-state index contributed by atoms with van der Waals surface area (Å²) >= 11 is 0. The SMILES string of the molecule is [3H]OC[C@@H](CCC(=O)OC(C)(C)C)c1ccc(C)c(B2OC(C)(C)C(C)(C)O2)c1. The van der Waals surface area contributed by atoms with Crippen molar-refractivity contribution in [3.05, 3.63) is 29.3 Å². The second-order valence-corrected chi connectivity index (χ2v) is 9.69. The lowest BCUT2D eigenvalue weighted by atomic mass is 9.74. The molecule has 28 heavy (non-hydrogen) atoms. The molecule has 2 rings (SSSR count). The fraction of sp³-hybridized carbons (Fsp3) is 0.682. The Morgan fingerprint density at radius 2 is 1.86 bits per heavy atom. The minimum atomic E-state index is -0.508. The fourth-order valence-electron chi connectivity index (χ4n) is 3.17. The van der Waals surface area contributed by atoms with Crippen LogP contribution in [0.1, 0.15) is 78.4 Å². The van der Waals surface area contributed by atoms with Crippen LogP contribution in [0.15, 0.2) is 18.2 Å². The molecule has 1 fully saturated rings. The number of hydrogen-bond acceptors (Lipinski definition) is 5. The molecule has 156 valence electrons. The number of aliphatic hydroxyl groups is 1. The van der Waals surface area contributed by atoms with Crippen LogP contribution in [0.3, 0.4) is 0 Å². The van der Waals surface area contributed by atoms with Gasteiger partial charge in [-0.2, -0.15) is 0 Å². The maximum atomic E-state index is 12.1. The van der Waals surface area contributed by atoms with Crippen LogP contribution in [0.25, 0.3) is 0 Å². The average molecular weight is 392 g/mol. The maximum absolute atomic E-state index is 12.1. The summed E-state index contributed by atoms with van der Waals surface area (Å²) in [6.45, 7) is 15.9. The number of hydrogen-bond donors (Lipinski definition) is 1. The molecule has 5 nitrogen and oxygen atoms in total. The second kappa shape index (κ2) is 8.17. The Labute approximate surface area is 171 Å². The molecule has 1 N–H and O–H groups in total. The number of ether oxygens (including phenoxy) is 1. The van der Waals surface area contributed by atoms with Gasteiger partial charge in [-0.1, -0.05) is 23.8 Å². The quantitative estimate of drug-likeness (QED) is 0.569. The molecule has 6 heteroatoms. The Kier molecular flexibility index (Phi) is 6.23. The topological polar surface area (TPSA) is 65.0 Å². The van der Waals surface area contributed by atoms with Gasteiger partial charge in [-0.3, -0.25) is 4.79 Å². The third kappa shape index (κ3) is 5.37. The predicted molar refractivity (Wildman–Crippen MR) is 112 cm³/mol. The molecule has 0 spiro atoms. The first-order valence-electron chi connectivity index (χ1n) is 10.4. The lowest BCUT2D eigenvalue weighted by Gasteiger charge is -2.32. The molecule has 1 atom stereocenters. The number of aryl methyl sites for hydroxylation is 1. The summed E-state index contributed by atoms with van der Waals surface area (Å²) in [5, 5.41) is 4.69. The zero-order valence-electron chi connectivity index (χ0n) is 19.5. The predicted octanol–water partition coefficient (Wildman–Crippen LogP) is 3.49. The number of esters is 1. The largest absolute Gasteiger partial charge is 0.495 e. The van der Waals surface area contributed by atoms with E-state index in [2.05, 4.69) is 11.2 Å². The van der Waals surface area contributed by atoms with Crippen molar-refractivity contribution in [3.8, 4) is 0 Å². The molecule has 1 aliphatic rings. The van der Waals surface area contributed by atoms with E-state index in [9.17, 15) is 4.79 Å². The minimum Gasteiger partial charge on any atom is -0.460 e. The van der Waals surface area contributed by atoms with E-state index in [-0.39, 0.29) is 24.9 Å². The lowest BCUT2D eigenvalue weighted by Crippen LogP contribution is -2.41. The van der Waals surface area contributed by atoms with Crippen molar-refractivity contribution in [2.24, 2.45) is 0 Å². The molecule has 0 saturated carbocycles. The van der Waals surface area contributed by atoms with Gasteiger partial charge in [0.25, 0.3) is 0 Å². The molecular formula is C22H35BO5. The van der Waals surface area contributed by atoms with Gasteiger partial charge in [0.05, 0.1) is 11.2 Å². The molecule has 1 aliphatic heterocycles. The monoisotopic (exact) mass is 392 g/mol. The van der Waals surface area contributed by atoms with E-state index in [4.69, 9.17) is 15.5 Å². The van der Waals surface area contributed by atoms with Gasteiger partial charge >= 0.3 is 13.1 Å². The number of carbonyl (C=O) groups is 1. The minimum absolute atomic E-state index is 0.0956. The van der Waals surface area contributed by atoms with E-state index in [0.717, 1.165) is 16.6 Å². The van der Waals surface area contributed by atoms with Crippen LogP contribution in [-0.4, -0.2) is 43.0 Å². The maximum Gasteiger partial charge on any atom is 0.495 e. The van der Waals surface area contributed by atoms with Crippen molar-refractivity contribution >= 4 is 18.6 Å². The molecule has 0 unspecified atom stereocenters. The summed E-state index contributed by atoms with van der Waals surface area (Å²) in [6, 6.07) is 6.10. The fourth-order valence-corrected chi connectivity index (χ4v) is 3.17. The van der Waals surface area contributed by atoms with Gasteiger partial charge in [0.2, 0.25) is 1.43 Å². The van der Waals surface area contributed by atoms with Gasteiger partial charge in [-0.05, 0) is 72.8 Å². The van der Waals surface area contributed by atoms with Crippen molar-refractivity contribution in [2.45, 2.75) is 91.0 Å². The van der Waals surface area contributed by atoms with Crippen LogP contribution >= 0.6 is 0 Å². The first-order chi connectivity index (χ1) is 13.3. The van der Waals surface area contributed by atoms with E-state index >= 15 is 0 Å². The molecule has 1 aromatic rings. The Hall–Kier alpha value is -1.37. The Morgan fingerprint density at radius 3 is 2.39 bits per heavy atom. The highest BCUT2D eigenvalue weighted by atomic mass is 16.7. The number of benzene rings is 1.